The van der Waals surface area contributed by atoms with Crippen molar-refractivity contribution in [3.63, 3.8) is 0 Å². The first-order valence-electron chi connectivity index (χ1n) is 28.1. The van der Waals surface area contributed by atoms with Crippen molar-refractivity contribution in [1.29, 1.82) is 0 Å². The monoisotopic (exact) mass is 1030 g/mol. The van der Waals surface area contributed by atoms with Crippen molar-refractivity contribution in [2.75, 3.05) is 0 Å². The van der Waals surface area contributed by atoms with E-state index in [1.165, 1.54) is 138 Å². The first-order valence-corrected chi connectivity index (χ1v) is 28.1. The predicted octanol–water partition coefficient (Wildman–Crippen LogP) is 20.6. The molecule has 2 heterocycles. The number of benzene rings is 13. The van der Waals surface area contributed by atoms with Crippen LogP contribution in [0.4, 0.5) is 0 Å². The number of hydrogen-bond donors (Lipinski definition) is 0. The molecule has 15 aromatic rings. The molecule has 0 fully saturated rings. The quantitative estimate of drug-likeness (QED) is 0.136. The molecule has 0 amide bonds. The van der Waals surface area contributed by atoms with Gasteiger partial charge >= 0.3 is 0 Å². The van der Waals surface area contributed by atoms with Crippen LogP contribution in [0, 0.1) is 0 Å². The van der Waals surface area contributed by atoms with Crippen LogP contribution >= 0.6 is 0 Å². The highest BCUT2D eigenvalue weighted by Gasteiger charge is 2.46. The third-order valence-corrected chi connectivity index (χ3v) is 17.2. The molecule has 0 spiro atoms. The van der Waals surface area contributed by atoms with E-state index in [-0.39, 0.29) is 0 Å². The van der Waals surface area contributed by atoms with E-state index in [1.807, 2.05) is 0 Å². The molecule has 1 aliphatic carbocycles. The van der Waals surface area contributed by atoms with E-state index in [2.05, 4.69) is 325 Å². The van der Waals surface area contributed by atoms with E-state index in [0.29, 0.717) is 0 Å². The van der Waals surface area contributed by atoms with Crippen molar-refractivity contribution in [3.05, 3.63) is 338 Å². The summed E-state index contributed by atoms with van der Waals surface area (Å²) in [7, 11) is 0. The van der Waals surface area contributed by atoms with Gasteiger partial charge in [-0.15, -0.1) is 0 Å². The fourth-order valence-corrected chi connectivity index (χ4v) is 13.6. The molecule has 81 heavy (non-hydrogen) atoms. The van der Waals surface area contributed by atoms with Crippen LogP contribution in [0.25, 0.3) is 122 Å². The van der Waals surface area contributed by atoms with Crippen LogP contribution in [0.5, 0.6) is 0 Å². The molecule has 16 rings (SSSR count). The molecule has 0 unspecified atom stereocenters. The molecule has 2 heteroatoms. The Bertz CT molecular complexity index is 4880. The Morgan fingerprint density at radius 3 is 1.14 bits per heavy atom. The molecule has 1 aliphatic rings. The van der Waals surface area contributed by atoms with E-state index >= 15 is 0 Å². The zero-order chi connectivity index (χ0) is 53.4. The number of fused-ring (bicyclic) bond motifs is 9. The van der Waals surface area contributed by atoms with Crippen LogP contribution in [0.2, 0.25) is 0 Å². The van der Waals surface area contributed by atoms with Gasteiger partial charge in [-0.1, -0.05) is 255 Å². The maximum Gasteiger partial charge on any atom is 0.0713 e. The molecule has 378 valence electrons. The van der Waals surface area contributed by atoms with E-state index in [9.17, 15) is 0 Å². The summed E-state index contributed by atoms with van der Waals surface area (Å²) in [5.74, 6) is 0. The fraction of sp³-hybridized carbons (Fsp3) is 0.0127. The first-order chi connectivity index (χ1) is 40.2. The molecule has 0 saturated heterocycles. The van der Waals surface area contributed by atoms with Crippen LogP contribution in [0.1, 0.15) is 22.3 Å². The normalized spacial score (nSPS) is 12.5. The SMILES string of the molecule is c1ccc(-c2ccccc2-n2c3ccccc3c3cc(-c4ccc5c(c4)c4ccccc4n5-c4ccccc4-c4cccc(-c5ccc(-c6cccc(C7(c8ccccc8)c8ccccc8-c8ccccc87)c6)cc5)c4)ccc32)cc1. The van der Waals surface area contributed by atoms with Crippen LogP contribution in [0.15, 0.2) is 315 Å². The molecular weight excluding hydrogens is 977 g/mol. The van der Waals surface area contributed by atoms with E-state index < -0.39 is 5.41 Å². The minimum absolute atomic E-state index is 0.443. The van der Waals surface area contributed by atoms with Crippen LogP contribution in [0.3, 0.4) is 0 Å². The topological polar surface area (TPSA) is 9.86 Å². The molecule has 0 atom stereocenters. The molecule has 0 aliphatic heterocycles. The second-order valence-electron chi connectivity index (χ2n) is 21.5. The molecule has 0 N–H and O–H groups in total. The molecule has 13 aromatic carbocycles. The lowest BCUT2D eigenvalue weighted by Gasteiger charge is -2.34. The molecule has 0 bridgehead atoms. The lowest BCUT2D eigenvalue weighted by atomic mass is 9.67. The zero-order valence-corrected chi connectivity index (χ0v) is 44.4. The summed E-state index contributed by atoms with van der Waals surface area (Å²) in [5, 5.41) is 4.93. The van der Waals surface area contributed by atoms with E-state index in [4.69, 9.17) is 0 Å². The highest BCUT2D eigenvalue weighted by Crippen LogP contribution is 2.56. The van der Waals surface area contributed by atoms with Gasteiger partial charge in [0.2, 0.25) is 0 Å². The van der Waals surface area contributed by atoms with Crippen LogP contribution < -0.4 is 0 Å². The number of rotatable bonds is 9. The van der Waals surface area contributed by atoms with Gasteiger partial charge in [0.05, 0.1) is 38.9 Å². The minimum Gasteiger partial charge on any atom is -0.309 e. The summed E-state index contributed by atoms with van der Waals surface area (Å²) < 4.78 is 4.90. The van der Waals surface area contributed by atoms with Gasteiger partial charge in [-0.2, -0.15) is 0 Å². The number of para-hydroxylation sites is 4. The van der Waals surface area contributed by atoms with Crippen LogP contribution in [-0.2, 0) is 5.41 Å². The van der Waals surface area contributed by atoms with Crippen molar-refractivity contribution in [2.45, 2.75) is 5.41 Å². The summed E-state index contributed by atoms with van der Waals surface area (Å²) in [6, 6.07) is 116. The van der Waals surface area contributed by atoms with Crippen molar-refractivity contribution in [2.24, 2.45) is 0 Å². The van der Waals surface area contributed by atoms with Gasteiger partial charge in [-0.3, -0.25) is 0 Å². The Kier molecular flexibility index (Phi) is 10.8. The standard InChI is InChI=1S/C79H52N2/c1-3-21-55(22-4-1)63-29-9-15-37-73(63)80-75-39-17-11-33-67(75)69-51-58(45-47-77(69)80)59-46-48-78-70(52-59)68-34-12-18-40-76(68)81(78)74-38-16-10-30-64(74)60-25-19-23-56(49-60)53-41-43-54(44-42-53)57-24-20-28-62(50-57)79(61-26-5-2-6-27-61)71-35-13-7-31-65(71)66-32-8-14-36-72(66)79/h1-52H. The summed E-state index contributed by atoms with van der Waals surface area (Å²) >= 11 is 0. The zero-order valence-electron chi connectivity index (χ0n) is 44.4. The number of nitrogens with zero attached hydrogens (tertiary/aromatic N) is 2. The number of hydrogen-bond acceptors (Lipinski definition) is 0. The Morgan fingerprint density at radius 1 is 0.198 bits per heavy atom. The van der Waals surface area contributed by atoms with Gasteiger partial charge in [0, 0.05) is 32.7 Å². The Labute approximate surface area is 471 Å². The van der Waals surface area contributed by atoms with Crippen molar-refractivity contribution in [3.8, 4) is 78.1 Å². The lowest BCUT2D eigenvalue weighted by Crippen LogP contribution is -2.28. The van der Waals surface area contributed by atoms with Gasteiger partial charge < -0.3 is 9.13 Å². The molecule has 2 nitrogen and oxygen atoms in total. The van der Waals surface area contributed by atoms with Crippen molar-refractivity contribution in [1.82, 2.24) is 9.13 Å². The van der Waals surface area contributed by atoms with Crippen LogP contribution in [-0.4, -0.2) is 9.13 Å². The smallest absolute Gasteiger partial charge is 0.0713 e. The van der Waals surface area contributed by atoms with Gasteiger partial charge in [-0.05, 0) is 139 Å². The third-order valence-electron chi connectivity index (χ3n) is 17.2. The lowest BCUT2D eigenvalue weighted by molar-refractivity contribution is 0.769. The molecule has 0 saturated carbocycles. The van der Waals surface area contributed by atoms with Gasteiger partial charge in [0.15, 0.2) is 0 Å². The average Bonchev–Trinajstić information content (AvgIpc) is 3.47. The van der Waals surface area contributed by atoms with Gasteiger partial charge in [0.1, 0.15) is 0 Å². The maximum absolute atomic E-state index is 2.46. The van der Waals surface area contributed by atoms with Gasteiger partial charge in [-0.25, -0.2) is 0 Å². The average molecular weight is 1030 g/mol. The Morgan fingerprint density at radius 2 is 0.568 bits per heavy atom. The molecule has 2 aromatic heterocycles. The Hall–Kier alpha value is -10.5. The minimum atomic E-state index is -0.443. The number of aromatic nitrogens is 2. The largest absolute Gasteiger partial charge is 0.309 e. The molecular formula is C79H52N2. The summed E-state index contributed by atoms with van der Waals surface area (Å²) in [4.78, 5) is 0. The second-order valence-corrected chi connectivity index (χ2v) is 21.5. The highest BCUT2D eigenvalue weighted by atomic mass is 15.0. The van der Waals surface area contributed by atoms with Gasteiger partial charge in [0.25, 0.3) is 0 Å². The first kappa shape index (κ1) is 46.5. The Balaban J connectivity index is 0.748. The van der Waals surface area contributed by atoms with Crippen molar-refractivity contribution < 1.29 is 0 Å². The third kappa shape index (κ3) is 7.34. The second kappa shape index (κ2) is 18.8. The van der Waals surface area contributed by atoms with Crippen molar-refractivity contribution >= 4 is 43.6 Å². The summed E-state index contributed by atoms with van der Waals surface area (Å²) in [5.41, 5.74) is 26.3. The van der Waals surface area contributed by atoms with E-state index in [1.54, 1.807) is 0 Å². The summed E-state index contributed by atoms with van der Waals surface area (Å²) in [6.07, 6.45) is 0. The maximum atomic E-state index is 2.46. The highest BCUT2D eigenvalue weighted by molar-refractivity contribution is 6.13. The predicted molar refractivity (Wildman–Crippen MR) is 340 cm³/mol. The van der Waals surface area contributed by atoms with E-state index in [0.717, 1.165) is 5.69 Å². The fourth-order valence-electron chi connectivity index (χ4n) is 13.6. The molecule has 0 radical (unpaired) electrons. The summed E-state index contributed by atoms with van der Waals surface area (Å²) in [6.45, 7) is 0.